The molecular formula is C38H74N2O4. The fourth-order valence-electron chi connectivity index (χ4n) is 5.54. The van der Waals surface area contributed by atoms with Crippen LogP contribution in [0.1, 0.15) is 194 Å². The van der Waals surface area contributed by atoms with E-state index < -0.39 is 6.10 Å². The molecule has 3 N–H and O–H groups in total. The van der Waals surface area contributed by atoms with Crippen molar-refractivity contribution in [1.82, 2.24) is 5.32 Å². The number of nitrogens with one attached hydrogen (secondary N) is 1. The Hall–Kier alpha value is -1.56. The zero-order valence-electron chi connectivity index (χ0n) is 29.4. The normalized spacial score (nSPS) is 11.8. The number of carbonyl (C=O) groups is 2. The van der Waals surface area contributed by atoms with Gasteiger partial charge in [-0.25, -0.2) is 0 Å². The largest absolute Gasteiger partial charge is 0.462 e. The van der Waals surface area contributed by atoms with Crippen LogP contribution >= 0.6 is 0 Å². The maximum atomic E-state index is 12.5. The van der Waals surface area contributed by atoms with Gasteiger partial charge in [0.2, 0.25) is 0 Å². The van der Waals surface area contributed by atoms with Gasteiger partial charge in [0.25, 0.3) is 0 Å². The van der Waals surface area contributed by atoms with Gasteiger partial charge < -0.3 is 20.5 Å². The summed E-state index contributed by atoms with van der Waals surface area (Å²) in [6.07, 6.45) is 33.4. The summed E-state index contributed by atoms with van der Waals surface area (Å²) in [4.78, 5) is 24.8. The third-order valence-electron chi connectivity index (χ3n) is 8.52. The second-order valence-electron chi connectivity index (χ2n) is 13.0. The standard InChI is InChI=1S/C38H74N2O4/c1-4-6-8-10-12-14-16-18-20-22-24-26-28-30-37(41)43-34-36(33-40-35(3)32-39)44-38(42)31-29-27-25-23-21-19-17-15-13-11-9-7-5-2/h36,40H,3-34,39H2,1-2H3. The van der Waals surface area contributed by atoms with Gasteiger partial charge in [0.15, 0.2) is 6.10 Å². The minimum absolute atomic E-state index is 0.0620. The van der Waals surface area contributed by atoms with Crippen LogP contribution in [0.4, 0.5) is 0 Å². The van der Waals surface area contributed by atoms with Crippen LogP contribution in [0.2, 0.25) is 0 Å². The lowest BCUT2D eigenvalue weighted by Gasteiger charge is -2.19. The highest BCUT2D eigenvalue weighted by atomic mass is 16.6. The Bertz CT molecular complexity index is 655. The SMILES string of the molecule is C=C(CN)NCC(COC(=O)CCCCCCCCCCCCCCC)OC(=O)CCCCCCCCCCCCCCC. The van der Waals surface area contributed by atoms with Gasteiger partial charge in [-0.15, -0.1) is 0 Å². The van der Waals surface area contributed by atoms with Crippen molar-refractivity contribution < 1.29 is 19.1 Å². The van der Waals surface area contributed by atoms with Gasteiger partial charge in [0, 0.05) is 25.1 Å². The molecule has 0 rings (SSSR count). The van der Waals surface area contributed by atoms with E-state index >= 15 is 0 Å². The number of ether oxygens (including phenoxy) is 2. The first kappa shape index (κ1) is 42.4. The van der Waals surface area contributed by atoms with E-state index in [1.165, 1.54) is 141 Å². The fourth-order valence-corrected chi connectivity index (χ4v) is 5.54. The summed E-state index contributed by atoms with van der Waals surface area (Å²) >= 11 is 0. The van der Waals surface area contributed by atoms with Crippen LogP contribution in [0.15, 0.2) is 12.3 Å². The molecule has 0 amide bonds. The molecule has 0 aromatic rings. The second kappa shape index (κ2) is 34.3. The highest BCUT2D eigenvalue weighted by molar-refractivity contribution is 5.70. The van der Waals surface area contributed by atoms with E-state index in [0.717, 1.165) is 25.7 Å². The Morgan fingerprint density at radius 1 is 0.568 bits per heavy atom. The molecular weight excluding hydrogens is 548 g/mol. The molecule has 1 atom stereocenters. The van der Waals surface area contributed by atoms with Gasteiger partial charge >= 0.3 is 11.9 Å². The number of nitrogens with two attached hydrogens (primary N) is 1. The van der Waals surface area contributed by atoms with E-state index in [4.69, 9.17) is 15.2 Å². The summed E-state index contributed by atoms with van der Waals surface area (Å²) < 4.78 is 11.1. The lowest BCUT2D eigenvalue weighted by molar-refractivity contribution is -0.158. The van der Waals surface area contributed by atoms with Crippen LogP contribution in [0.3, 0.4) is 0 Å². The summed E-state index contributed by atoms with van der Waals surface area (Å²) in [6, 6.07) is 0. The quantitative estimate of drug-likeness (QED) is 0.0540. The summed E-state index contributed by atoms with van der Waals surface area (Å²) in [7, 11) is 0. The zero-order valence-corrected chi connectivity index (χ0v) is 29.4. The van der Waals surface area contributed by atoms with Crippen molar-refractivity contribution in [2.45, 2.75) is 200 Å². The van der Waals surface area contributed by atoms with Crippen molar-refractivity contribution in [3.05, 3.63) is 12.3 Å². The van der Waals surface area contributed by atoms with Gasteiger partial charge in [0.05, 0.1) is 6.54 Å². The number of hydrogen-bond donors (Lipinski definition) is 2. The lowest BCUT2D eigenvalue weighted by Crippen LogP contribution is -2.36. The summed E-state index contributed by atoms with van der Waals surface area (Å²) in [5.41, 5.74) is 6.30. The van der Waals surface area contributed by atoms with Gasteiger partial charge in [-0.1, -0.05) is 175 Å². The number of hydrogen-bond acceptors (Lipinski definition) is 6. The molecule has 0 aliphatic heterocycles. The van der Waals surface area contributed by atoms with Crippen molar-refractivity contribution in [3.8, 4) is 0 Å². The molecule has 6 heteroatoms. The molecule has 6 nitrogen and oxygen atoms in total. The first-order valence-electron chi connectivity index (χ1n) is 19.0. The van der Waals surface area contributed by atoms with E-state index in [0.29, 0.717) is 31.6 Å². The molecule has 0 heterocycles. The first-order chi connectivity index (χ1) is 21.5. The summed E-state index contributed by atoms with van der Waals surface area (Å²) in [5.74, 6) is -0.450. The molecule has 260 valence electrons. The number of carbonyl (C=O) groups excluding carboxylic acids is 2. The molecule has 0 fully saturated rings. The minimum Gasteiger partial charge on any atom is -0.462 e. The van der Waals surface area contributed by atoms with Gasteiger partial charge in [0.1, 0.15) is 6.61 Å². The number of rotatable bonds is 35. The Kier molecular flexibility index (Phi) is 33.1. The number of esters is 2. The van der Waals surface area contributed by atoms with Crippen LogP contribution < -0.4 is 11.1 Å². The van der Waals surface area contributed by atoms with E-state index in [1.807, 2.05) is 0 Å². The predicted molar refractivity (Wildman–Crippen MR) is 188 cm³/mol. The van der Waals surface area contributed by atoms with Crippen LogP contribution in [-0.4, -0.2) is 37.7 Å². The molecule has 0 bridgehead atoms. The smallest absolute Gasteiger partial charge is 0.306 e. The van der Waals surface area contributed by atoms with Crippen molar-refractivity contribution in [1.29, 1.82) is 0 Å². The zero-order chi connectivity index (χ0) is 32.4. The van der Waals surface area contributed by atoms with Crippen LogP contribution in [0.25, 0.3) is 0 Å². The molecule has 44 heavy (non-hydrogen) atoms. The number of unbranched alkanes of at least 4 members (excludes halogenated alkanes) is 24. The first-order valence-corrected chi connectivity index (χ1v) is 19.0. The lowest BCUT2D eigenvalue weighted by atomic mass is 10.0. The average Bonchev–Trinajstić information content (AvgIpc) is 3.02. The van der Waals surface area contributed by atoms with Crippen LogP contribution in [0.5, 0.6) is 0 Å². The summed E-state index contributed by atoms with van der Waals surface area (Å²) in [5, 5.41) is 3.09. The van der Waals surface area contributed by atoms with E-state index in [-0.39, 0.29) is 18.5 Å². The molecule has 1 unspecified atom stereocenters. The van der Waals surface area contributed by atoms with E-state index in [9.17, 15) is 9.59 Å². The highest BCUT2D eigenvalue weighted by Gasteiger charge is 2.17. The molecule has 0 saturated heterocycles. The van der Waals surface area contributed by atoms with E-state index in [1.54, 1.807) is 0 Å². The van der Waals surface area contributed by atoms with E-state index in [2.05, 4.69) is 25.7 Å². The topological polar surface area (TPSA) is 90.7 Å². The average molecular weight is 623 g/mol. The highest BCUT2D eigenvalue weighted by Crippen LogP contribution is 2.15. The summed E-state index contributed by atoms with van der Waals surface area (Å²) in [6.45, 7) is 9.09. The molecule has 0 aliphatic rings. The fraction of sp³-hybridized carbons (Fsp3) is 0.895. The van der Waals surface area contributed by atoms with Crippen molar-refractivity contribution in [2.75, 3.05) is 19.7 Å². The van der Waals surface area contributed by atoms with Crippen molar-refractivity contribution >= 4 is 11.9 Å². The van der Waals surface area contributed by atoms with Crippen LogP contribution in [0, 0.1) is 0 Å². The van der Waals surface area contributed by atoms with Gasteiger partial charge in [-0.3, -0.25) is 9.59 Å². The molecule has 0 aromatic heterocycles. The van der Waals surface area contributed by atoms with Gasteiger partial charge in [-0.05, 0) is 12.8 Å². The molecule has 0 aliphatic carbocycles. The molecule has 0 spiro atoms. The monoisotopic (exact) mass is 623 g/mol. The third kappa shape index (κ3) is 31.9. The molecule has 0 aromatic carbocycles. The Balaban J connectivity index is 3.92. The Morgan fingerprint density at radius 2 is 0.909 bits per heavy atom. The maximum Gasteiger partial charge on any atom is 0.306 e. The Labute approximate surface area is 273 Å². The third-order valence-corrected chi connectivity index (χ3v) is 8.52. The molecule has 0 saturated carbocycles. The van der Waals surface area contributed by atoms with Gasteiger partial charge in [-0.2, -0.15) is 0 Å². The predicted octanol–water partition coefficient (Wildman–Crippen LogP) is 10.5. The second-order valence-corrected chi connectivity index (χ2v) is 13.0. The maximum absolute atomic E-state index is 12.5. The van der Waals surface area contributed by atoms with Crippen molar-refractivity contribution in [3.63, 3.8) is 0 Å². The van der Waals surface area contributed by atoms with Crippen LogP contribution in [-0.2, 0) is 19.1 Å². The minimum atomic E-state index is -0.539. The Morgan fingerprint density at radius 3 is 1.27 bits per heavy atom. The van der Waals surface area contributed by atoms with Crippen molar-refractivity contribution in [2.24, 2.45) is 5.73 Å². The molecule has 0 radical (unpaired) electrons.